The summed E-state index contributed by atoms with van der Waals surface area (Å²) in [5.41, 5.74) is 3.09. The van der Waals surface area contributed by atoms with Crippen LogP contribution in [0.5, 0.6) is 0 Å². The quantitative estimate of drug-likeness (QED) is 0.598. The molecule has 28 heavy (non-hydrogen) atoms. The van der Waals surface area contributed by atoms with Crippen LogP contribution < -0.4 is 0 Å². The molecule has 0 spiro atoms. The van der Waals surface area contributed by atoms with E-state index >= 15 is 0 Å². The molecule has 4 rings (SSSR count). The van der Waals surface area contributed by atoms with E-state index in [-0.39, 0.29) is 12.1 Å². The van der Waals surface area contributed by atoms with Crippen molar-refractivity contribution in [3.8, 4) is 0 Å². The fourth-order valence-corrected chi connectivity index (χ4v) is 4.23. The number of aromatic amines is 1. The number of amides is 2. The van der Waals surface area contributed by atoms with Crippen LogP contribution in [0.1, 0.15) is 18.2 Å². The highest BCUT2D eigenvalue weighted by Crippen LogP contribution is 2.27. The fourth-order valence-electron chi connectivity index (χ4n) is 3.74. The van der Waals surface area contributed by atoms with Crippen molar-refractivity contribution in [2.45, 2.75) is 25.9 Å². The zero-order valence-corrected chi connectivity index (χ0v) is 16.8. The predicted octanol–water partition coefficient (Wildman–Crippen LogP) is 4.88. The minimum Gasteiger partial charge on any atom is -0.356 e. The minimum absolute atomic E-state index is 0.0182. The standard InChI is InChI=1S/C20H19Cl2FN4O/c1-2-27-15(7-12-3-4-13(21)8-16(12)22)11-26(20(27)28)10-14-9-18-17(24-14)5-6-19(23)25-18/h3-6,8-9,15,24H,2,7,10-11H2,1H3. The van der Waals surface area contributed by atoms with Crippen LogP contribution in [0.2, 0.25) is 10.0 Å². The van der Waals surface area contributed by atoms with Gasteiger partial charge in [0.2, 0.25) is 5.95 Å². The lowest BCUT2D eigenvalue weighted by Gasteiger charge is -2.21. The normalized spacial score (nSPS) is 17.1. The van der Waals surface area contributed by atoms with Gasteiger partial charge in [-0.25, -0.2) is 9.78 Å². The van der Waals surface area contributed by atoms with Crippen LogP contribution in [-0.4, -0.2) is 44.9 Å². The van der Waals surface area contributed by atoms with Crippen LogP contribution in [0.4, 0.5) is 9.18 Å². The molecule has 0 bridgehead atoms. The number of carbonyl (C=O) groups is 1. The van der Waals surface area contributed by atoms with Crippen molar-refractivity contribution in [2.75, 3.05) is 13.1 Å². The van der Waals surface area contributed by atoms with Gasteiger partial charge in [-0.05, 0) is 49.2 Å². The van der Waals surface area contributed by atoms with E-state index in [9.17, 15) is 9.18 Å². The molecule has 1 N–H and O–H groups in total. The third kappa shape index (κ3) is 3.66. The molecule has 146 valence electrons. The lowest BCUT2D eigenvalue weighted by Crippen LogP contribution is -2.35. The number of halogens is 3. The Labute approximate surface area is 172 Å². The summed E-state index contributed by atoms with van der Waals surface area (Å²) in [7, 11) is 0. The number of urea groups is 1. The number of benzene rings is 1. The Morgan fingerprint density at radius 2 is 2.07 bits per heavy atom. The van der Waals surface area contributed by atoms with E-state index < -0.39 is 5.95 Å². The summed E-state index contributed by atoms with van der Waals surface area (Å²) in [6, 6.07) is 10.2. The number of pyridine rings is 1. The molecule has 1 aromatic carbocycles. The van der Waals surface area contributed by atoms with Crippen molar-refractivity contribution in [1.29, 1.82) is 0 Å². The lowest BCUT2D eigenvalue weighted by atomic mass is 10.1. The van der Waals surface area contributed by atoms with Crippen molar-refractivity contribution in [3.05, 3.63) is 63.6 Å². The summed E-state index contributed by atoms with van der Waals surface area (Å²) in [5.74, 6) is -0.521. The van der Waals surface area contributed by atoms with Crippen molar-refractivity contribution in [3.63, 3.8) is 0 Å². The number of likely N-dealkylation sites (N-methyl/N-ethyl adjacent to an activating group) is 1. The molecule has 1 saturated heterocycles. The number of nitrogens with zero attached hydrogens (tertiary/aromatic N) is 3. The van der Waals surface area contributed by atoms with Crippen LogP contribution in [0.15, 0.2) is 36.4 Å². The number of carbonyl (C=O) groups excluding carboxylic acids is 1. The Kier molecular flexibility index (Phi) is 5.17. The first kappa shape index (κ1) is 19.0. The van der Waals surface area contributed by atoms with Crippen LogP contribution in [0.25, 0.3) is 11.0 Å². The number of hydrogen-bond donors (Lipinski definition) is 1. The molecule has 1 unspecified atom stereocenters. The molecule has 3 heterocycles. The van der Waals surface area contributed by atoms with Gasteiger partial charge in [0.1, 0.15) is 0 Å². The number of fused-ring (bicyclic) bond motifs is 1. The van der Waals surface area contributed by atoms with Gasteiger partial charge < -0.3 is 14.8 Å². The molecule has 1 aliphatic heterocycles. The number of rotatable bonds is 5. The second kappa shape index (κ2) is 7.60. The summed E-state index contributed by atoms with van der Waals surface area (Å²) < 4.78 is 13.3. The van der Waals surface area contributed by atoms with Crippen molar-refractivity contribution in [2.24, 2.45) is 0 Å². The Hall–Kier alpha value is -2.31. The molecule has 1 atom stereocenters. The van der Waals surface area contributed by atoms with E-state index in [0.717, 1.165) is 16.8 Å². The molecular formula is C20H19Cl2FN4O. The monoisotopic (exact) mass is 420 g/mol. The summed E-state index contributed by atoms with van der Waals surface area (Å²) in [6.07, 6.45) is 0.658. The maximum absolute atomic E-state index is 13.3. The molecule has 0 saturated carbocycles. The zero-order chi connectivity index (χ0) is 19.8. The third-order valence-corrected chi connectivity index (χ3v) is 5.64. The lowest BCUT2D eigenvalue weighted by molar-refractivity contribution is 0.187. The summed E-state index contributed by atoms with van der Waals surface area (Å²) >= 11 is 12.3. The molecule has 1 aliphatic rings. The summed E-state index contributed by atoms with van der Waals surface area (Å²) in [4.78, 5) is 23.6. The van der Waals surface area contributed by atoms with E-state index in [2.05, 4.69) is 9.97 Å². The van der Waals surface area contributed by atoms with E-state index in [0.29, 0.717) is 41.6 Å². The highest BCUT2D eigenvalue weighted by Gasteiger charge is 2.36. The van der Waals surface area contributed by atoms with E-state index in [1.165, 1.54) is 6.07 Å². The first-order valence-electron chi connectivity index (χ1n) is 9.08. The molecule has 1 fully saturated rings. The van der Waals surface area contributed by atoms with Crippen LogP contribution in [-0.2, 0) is 13.0 Å². The maximum Gasteiger partial charge on any atom is 0.320 e. The first-order valence-corrected chi connectivity index (χ1v) is 9.84. The highest BCUT2D eigenvalue weighted by atomic mass is 35.5. The zero-order valence-electron chi connectivity index (χ0n) is 15.3. The van der Waals surface area contributed by atoms with Gasteiger partial charge in [0.25, 0.3) is 0 Å². The Morgan fingerprint density at radius 1 is 1.25 bits per heavy atom. The first-order chi connectivity index (χ1) is 13.4. The molecule has 2 aromatic heterocycles. The van der Waals surface area contributed by atoms with Crippen LogP contribution in [0.3, 0.4) is 0 Å². The van der Waals surface area contributed by atoms with Crippen molar-refractivity contribution in [1.82, 2.24) is 19.8 Å². The van der Waals surface area contributed by atoms with Gasteiger partial charge in [0, 0.05) is 28.8 Å². The molecule has 0 radical (unpaired) electrons. The van der Waals surface area contributed by atoms with E-state index in [1.54, 1.807) is 23.1 Å². The summed E-state index contributed by atoms with van der Waals surface area (Å²) in [6.45, 7) is 3.58. The molecule has 5 nitrogen and oxygen atoms in total. The number of hydrogen-bond acceptors (Lipinski definition) is 2. The summed E-state index contributed by atoms with van der Waals surface area (Å²) in [5, 5.41) is 1.20. The Morgan fingerprint density at radius 3 is 2.82 bits per heavy atom. The van der Waals surface area contributed by atoms with Crippen LogP contribution in [0, 0.1) is 5.95 Å². The van der Waals surface area contributed by atoms with Gasteiger partial charge in [-0.15, -0.1) is 0 Å². The van der Waals surface area contributed by atoms with E-state index in [4.69, 9.17) is 23.2 Å². The highest BCUT2D eigenvalue weighted by molar-refractivity contribution is 6.35. The fraction of sp³-hybridized carbons (Fsp3) is 0.300. The molecule has 0 aliphatic carbocycles. The number of nitrogens with one attached hydrogen (secondary N) is 1. The third-order valence-electron chi connectivity index (χ3n) is 5.06. The molecular weight excluding hydrogens is 402 g/mol. The number of H-pyrrole nitrogens is 1. The van der Waals surface area contributed by atoms with E-state index in [1.807, 2.05) is 24.0 Å². The molecule has 2 amide bonds. The Balaban J connectivity index is 1.52. The average molecular weight is 421 g/mol. The van der Waals surface area contributed by atoms with Gasteiger partial charge in [0.05, 0.1) is 23.6 Å². The Bertz CT molecular complexity index is 1040. The smallest absolute Gasteiger partial charge is 0.320 e. The second-order valence-corrected chi connectivity index (χ2v) is 7.75. The molecule has 8 heteroatoms. The molecule has 3 aromatic rings. The largest absolute Gasteiger partial charge is 0.356 e. The van der Waals surface area contributed by atoms with Crippen molar-refractivity contribution < 1.29 is 9.18 Å². The van der Waals surface area contributed by atoms with Gasteiger partial charge in [0.15, 0.2) is 0 Å². The minimum atomic E-state index is -0.521. The van der Waals surface area contributed by atoms with Gasteiger partial charge >= 0.3 is 6.03 Å². The maximum atomic E-state index is 13.3. The van der Waals surface area contributed by atoms with Crippen LogP contribution >= 0.6 is 23.2 Å². The topological polar surface area (TPSA) is 52.2 Å². The van der Waals surface area contributed by atoms with Gasteiger partial charge in [-0.2, -0.15) is 4.39 Å². The number of aromatic nitrogens is 2. The van der Waals surface area contributed by atoms with Gasteiger partial charge in [-0.3, -0.25) is 0 Å². The second-order valence-electron chi connectivity index (χ2n) is 6.90. The van der Waals surface area contributed by atoms with Crippen molar-refractivity contribution >= 4 is 40.3 Å². The van der Waals surface area contributed by atoms with Gasteiger partial charge in [-0.1, -0.05) is 29.3 Å². The SMILES string of the molecule is CCN1C(=O)N(Cc2cc3nc(F)ccc3[nH]2)CC1Cc1ccc(Cl)cc1Cl. The average Bonchev–Trinajstić information content (AvgIpc) is 3.17. The predicted molar refractivity (Wildman–Crippen MR) is 108 cm³/mol.